The molecule has 112 valence electrons. The zero-order valence-electron chi connectivity index (χ0n) is 13.2. The minimum absolute atomic E-state index is 0.339. The fourth-order valence-electron chi connectivity index (χ4n) is 2.69. The fraction of sp³-hybridized carbons (Fsp3) is 0.368. The van der Waals surface area contributed by atoms with Crippen LogP contribution in [0.25, 0.3) is 0 Å². The maximum absolute atomic E-state index is 5.47. The Morgan fingerprint density at radius 2 is 1.90 bits per heavy atom. The van der Waals surface area contributed by atoms with Gasteiger partial charge in [0, 0.05) is 11.6 Å². The van der Waals surface area contributed by atoms with Gasteiger partial charge in [-0.1, -0.05) is 55.0 Å². The lowest BCUT2D eigenvalue weighted by atomic mass is 10.0. The Morgan fingerprint density at radius 1 is 1.10 bits per heavy atom. The van der Waals surface area contributed by atoms with Crippen LogP contribution < -0.4 is 10.1 Å². The SMILES string of the molecule is CCC(NCCc1cccc(C)c1)c1ccccc1OC. The summed E-state index contributed by atoms with van der Waals surface area (Å²) in [5.74, 6) is 0.965. The van der Waals surface area contributed by atoms with E-state index in [9.17, 15) is 0 Å². The van der Waals surface area contributed by atoms with Crippen LogP contribution in [0.4, 0.5) is 0 Å². The molecule has 1 atom stereocenters. The zero-order valence-corrected chi connectivity index (χ0v) is 13.2. The molecule has 0 saturated carbocycles. The minimum Gasteiger partial charge on any atom is -0.496 e. The number of ether oxygens (including phenoxy) is 1. The van der Waals surface area contributed by atoms with E-state index < -0.39 is 0 Å². The lowest BCUT2D eigenvalue weighted by Gasteiger charge is -2.20. The third kappa shape index (κ3) is 4.33. The van der Waals surface area contributed by atoms with Crippen molar-refractivity contribution >= 4 is 0 Å². The maximum atomic E-state index is 5.47. The van der Waals surface area contributed by atoms with Crippen LogP contribution in [0.1, 0.15) is 36.1 Å². The van der Waals surface area contributed by atoms with Crippen molar-refractivity contribution in [1.82, 2.24) is 5.32 Å². The van der Waals surface area contributed by atoms with Crippen molar-refractivity contribution < 1.29 is 4.74 Å². The van der Waals surface area contributed by atoms with Crippen LogP contribution in [0.5, 0.6) is 5.75 Å². The summed E-state index contributed by atoms with van der Waals surface area (Å²) in [6.45, 7) is 5.32. The number of aryl methyl sites for hydroxylation is 1. The second-order valence-electron chi connectivity index (χ2n) is 5.40. The van der Waals surface area contributed by atoms with E-state index in [-0.39, 0.29) is 0 Å². The van der Waals surface area contributed by atoms with Crippen LogP contribution in [0.3, 0.4) is 0 Å². The van der Waals surface area contributed by atoms with E-state index in [0.717, 1.165) is 25.1 Å². The molecule has 0 radical (unpaired) electrons. The molecule has 0 amide bonds. The highest BCUT2D eigenvalue weighted by Gasteiger charge is 2.12. The van der Waals surface area contributed by atoms with E-state index in [1.54, 1.807) is 7.11 Å². The molecule has 0 aliphatic heterocycles. The zero-order chi connectivity index (χ0) is 15.1. The minimum atomic E-state index is 0.339. The molecule has 2 heteroatoms. The van der Waals surface area contributed by atoms with Crippen LogP contribution in [0, 0.1) is 6.92 Å². The van der Waals surface area contributed by atoms with Gasteiger partial charge in [-0.25, -0.2) is 0 Å². The number of hydrogen-bond acceptors (Lipinski definition) is 2. The molecular weight excluding hydrogens is 258 g/mol. The van der Waals surface area contributed by atoms with Crippen molar-refractivity contribution in [2.75, 3.05) is 13.7 Å². The van der Waals surface area contributed by atoms with Gasteiger partial charge >= 0.3 is 0 Å². The van der Waals surface area contributed by atoms with Gasteiger partial charge in [0.15, 0.2) is 0 Å². The van der Waals surface area contributed by atoms with Crippen LogP contribution in [-0.4, -0.2) is 13.7 Å². The summed E-state index contributed by atoms with van der Waals surface area (Å²) in [4.78, 5) is 0. The predicted octanol–water partition coefficient (Wildman–Crippen LogP) is 4.29. The number of rotatable bonds is 7. The Hall–Kier alpha value is -1.80. The van der Waals surface area contributed by atoms with Crippen molar-refractivity contribution in [2.24, 2.45) is 0 Å². The van der Waals surface area contributed by atoms with Gasteiger partial charge in [0.2, 0.25) is 0 Å². The second kappa shape index (κ2) is 7.84. The molecule has 0 spiro atoms. The highest BCUT2D eigenvalue weighted by Crippen LogP contribution is 2.26. The first-order valence-corrected chi connectivity index (χ1v) is 7.66. The van der Waals surface area contributed by atoms with E-state index in [1.165, 1.54) is 16.7 Å². The van der Waals surface area contributed by atoms with Crippen molar-refractivity contribution in [3.8, 4) is 5.75 Å². The van der Waals surface area contributed by atoms with Crippen molar-refractivity contribution in [1.29, 1.82) is 0 Å². The molecule has 0 aliphatic carbocycles. The summed E-state index contributed by atoms with van der Waals surface area (Å²) in [5.41, 5.74) is 3.95. The predicted molar refractivity (Wildman–Crippen MR) is 88.9 cm³/mol. The summed E-state index contributed by atoms with van der Waals surface area (Å²) in [6, 6.07) is 17.3. The van der Waals surface area contributed by atoms with Gasteiger partial charge in [-0.05, 0) is 37.9 Å². The maximum Gasteiger partial charge on any atom is 0.123 e. The lowest BCUT2D eigenvalue weighted by Crippen LogP contribution is -2.23. The fourth-order valence-corrected chi connectivity index (χ4v) is 2.69. The first-order valence-electron chi connectivity index (χ1n) is 7.66. The van der Waals surface area contributed by atoms with Crippen molar-refractivity contribution in [3.05, 3.63) is 65.2 Å². The van der Waals surface area contributed by atoms with E-state index in [4.69, 9.17) is 4.74 Å². The van der Waals surface area contributed by atoms with Gasteiger partial charge in [-0.2, -0.15) is 0 Å². The van der Waals surface area contributed by atoms with Crippen molar-refractivity contribution in [2.45, 2.75) is 32.7 Å². The van der Waals surface area contributed by atoms with Gasteiger partial charge in [0.25, 0.3) is 0 Å². The molecule has 0 fully saturated rings. The molecule has 2 aromatic carbocycles. The van der Waals surface area contributed by atoms with Crippen LogP contribution in [0.15, 0.2) is 48.5 Å². The molecule has 0 saturated heterocycles. The van der Waals surface area contributed by atoms with Crippen LogP contribution >= 0.6 is 0 Å². The number of hydrogen-bond donors (Lipinski definition) is 1. The topological polar surface area (TPSA) is 21.3 Å². The van der Waals surface area contributed by atoms with E-state index in [1.807, 2.05) is 12.1 Å². The summed E-state index contributed by atoms with van der Waals surface area (Å²) < 4.78 is 5.47. The highest BCUT2D eigenvalue weighted by molar-refractivity contribution is 5.35. The monoisotopic (exact) mass is 283 g/mol. The Kier molecular flexibility index (Phi) is 5.82. The smallest absolute Gasteiger partial charge is 0.123 e. The molecule has 2 rings (SSSR count). The summed E-state index contributed by atoms with van der Waals surface area (Å²) >= 11 is 0. The number of para-hydroxylation sites is 1. The average Bonchev–Trinajstić information content (AvgIpc) is 2.52. The van der Waals surface area contributed by atoms with Gasteiger partial charge in [0.1, 0.15) is 5.75 Å². The standard InChI is InChI=1S/C19H25NO/c1-4-18(17-10-5-6-11-19(17)21-3)20-13-12-16-9-7-8-15(2)14-16/h5-11,14,18,20H,4,12-13H2,1-3H3. The summed E-state index contributed by atoms with van der Waals surface area (Å²) in [7, 11) is 1.73. The highest BCUT2D eigenvalue weighted by atomic mass is 16.5. The number of nitrogens with one attached hydrogen (secondary N) is 1. The molecule has 0 aliphatic rings. The Balaban J connectivity index is 1.96. The van der Waals surface area contributed by atoms with E-state index in [2.05, 4.69) is 55.6 Å². The normalized spacial score (nSPS) is 12.1. The largest absolute Gasteiger partial charge is 0.496 e. The Labute approximate surface area is 128 Å². The van der Waals surface area contributed by atoms with E-state index >= 15 is 0 Å². The Bertz CT molecular complexity index is 565. The molecule has 2 nitrogen and oxygen atoms in total. The number of methoxy groups -OCH3 is 1. The third-order valence-corrected chi connectivity index (χ3v) is 3.81. The first-order chi connectivity index (χ1) is 10.2. The molecule has 21 heavy (non-hydrogen) atoms. The summed E-state index contributed by atoms with van der Waals surface area (Å²) in [5, 5.41) is 3.65. The molecule has 0 bridgehead atoms. The quantitative estimate of drug-likeness (QED) is 0.818. The average molecular weight is 283 g/mol. The molecule has 0 aromatic heterocycles. The van der Waals surface area contributed by atoms with Gasteiger partial charge < -0.3 is 10.1 Å². The van der Waals surface area contributed by atoms with Crippen molar-refractivity contribution in [3.63, 3.8) is 0 Å². The van der Waals surface area contributed by atoms with Gasteiger partial charge in [-0.15, -0.1) is 0 Å². The van der Waals surface area contributed by atoms with Crippen LogP contribution in [0.2, 0.25) is 0 Å². The molecule has 1 unspecified atom stereocenters. The molecule has 1 N–H and O–H groups in total. The number of benzene rings is 2. The summed E-state index contributed by atoms with van der Waals surface area (Å²) in [6.07, 6.45) is 2.10. The second-order valence-corrected chi connectivity index (χ2v) is 5.40. The molecule has 0 heterocycles. The molecular formula is C19H25NO. The van der Waals surface area contributed by atoms with Gasteiger partial charge in [-0.3, -0.25) is 0 Å². The van der Waals surface area contributed by atoms with Crippen LogP contribution in [-0.2, 0) is 6.42 Å². The third-order valence-electron chi connectivity index (χ3n) is 3.81. The lowest BCUT2D eigenvalue weighted by molar-refractivity contribution is 0.397. The molecule has 2 aromatic rings. The first kappa shape index (κ1) is 15.6. The van der Waals surface area contributed by atoms with Gasteiger partial charge in [0.05, 0.1) is 7.11 Å². The van der Waals surface area contributed by atoms with E-state index in [0.29, 0.717) is 6.04 Å². The Morgan fingerprint density at radius 3 is 2.62 bits per heavy atom.